The van der Waals surface area contributed by atoms with Crippen LogP contribution in [0, 0.1) is 0 Å². The van der Waals surface area contributed by atoms with Crippen LogP contribution in [-0.4, -0.2) is 59.7 Å². The van der Waals surface area contributed by atoms with Crippen molar-refractivity contribution in [3.8, 4) is 28.7 Å². The van der Waals surface area contributed by atoms with Gasteiger partial charge in [-0.1, -0.05) is 17.7 Å². The molecule has 2 heterocycles. The summed E-state index contributed by atoms with van der Waals surface area (Å²) in [7, 11) is 4.01. The summed E-state index contributed by atoms with van der Waals surface area (Å²) < 4.78 is 11.9. The summed E-state index contributed by atoms with van der Waals surface area (Å²) >= 11 is 5.96. The summed E-state index contributed by atoms with van der Waals surface area (Å²) in [6.07, 6.45) is 0.836. The Bertz CT molecular complexity index is 997. The van der Waals surface area contributed by atoms with Crippen molar-refractivity contribution in [2.45, 2.75) is 12.6 Å². The van der Waals surface area contributed by atoms with Crippen LogP contribution in [0.2, 0.25) is 5.02 Å². The summed E-state index contributed by atoms with van der Waals surface area (Å²) in [6.45, 7) is 1.91. The molecule has 1 fully saturated rings. The lowest BCUT2D eigenvalue weighted by Gasteiger charge is -2.36. The zero-order valence-electron chi connectivity index (χ0n) is 16.2. The highest BCUT2D eigenvalue weighted by molar-refractivity contribution is 6.30. The summed E-state index contributed by atoms with van der Waals surface area (Å²) in [5.74, 6) is 1.57. The van der Waals surface area contributed by atoms with Gasteiger partial charge in [-0.3, -0.25) is 4.79 Å². The highest BCUT2D eigenvalue weighted by atomic mass is 35.5. The second-order valence-electron chi connectivity index (χ2n) is 7.28. The molecule has 4 rings (SSSR count). The van der Waals surface area contributed by atoms with E-state index in [9.17, 15) is 4.79 Å². The molecule has 0 saturated carbocycles. The minimum atomic E-state index is 0.0000576. The first kappa shape index (κ1) is 19.4. The molecule has 0 unspecified atom stereocenters. The molecule has 0 N–H and O–H groups in total. The van der Waals surface area contributed by atoms with Gasteiger partial charge in [-0.2, -0.15) is 0 Å². The number of aromatic nitrogens is 2. The monoisotopic (exact) mass is 412 g/mol. The fourth-order valence-corrected chi connectivity index (χ4v) is 3.30. The number of rotatable bonds is 7. The minimum absolute atomic E-state index is 0.0000576. The van der Waals surface area contributed by atoms with Gasteiger partial charge in [0.05, 0.1) is 13.1 Å². The Labute approximate surface area is 173 Å². The van der Waals surface area contributed by atoms with Gasteiger partial charge < -0.3 is 19.0 Å². The van der Waals surface area contributed by atoms with Crippen LogP contribution in [0.25, 0.3) is 22.9 Å². The third-order valence-electron chi connectivity index (χ3n) is 4.64. The van der Waals surface area contributed by atoms with Crippen molar-refractivity contribution >= 4 is 18.0 Å². The molecule has 0 radical (unpaired) electrons. The van der Waals surface area contributed by atoms with Crippen molar-refractivity contribution in [1.29, 1.82) is 0 Å². The molecule has 1 aliphatic heterocycles. The molecular formula is C21H21ClN4O3. The molecule has 1 saturated heterocycles. The fourth-order valence-electron chi connectivity index (χ4n) is 3.17. The average molecular weight is 413 g/mol. The third kappa shape index (κ3) is 4.41. The normalized spacial score (nSPS) is 14.1. The molecule has 1 amide bonds. The minimum Gasteiger partial charge on any atom is -0.487 e. The van der Waals surface area contributed by atoms with Gasteiger partial charge in [-0.25, -0.2) is 0 Å². The van der Waals surface area contributed by atoms with Crippen LogP contribution in [0.4, 0.5) is 0 Å². The molecule has 150 valence electrons. The average Bonchev–Trinajstić information content (AvgIpc) is 3.15. The SMILES string of the molecule is CN(C)Cc1ccc(OC2CN(C=O)C2)cc1-c1nnc(-c2ccc(Cl)cc2)o1. The summed E-state index contributed by atoms with van der Waals surface area (Å²) in [5, 5.41) is 9.10. The van der Waals surface area contributed by atoms with E-state index in [4.69, 9.17) is 20.8 Å². The summed E-state index contributed by atoms with van der Waals surface area (Å²) in [6, 6.07) is 13.1. The molecular weight excluding hydrogens is 392 g/mol. The maximum Gasteiger partial charge on any atom is 0.248 e. The van der Waals surface area contributed by atoms with E-state index in [1.165, 1.54) is 0 Å². The van der Waals surface area contributed by atoms with Gasteiger partial charge in [0.2, 0.25) is 18.2 Å². The van der Waals surface area contributed by atoms with Crippen molar-refractivity contribution < 1.29 is 13.9 Å². The molecule has 29 heavy (non-hydrogen) atoms. The van der Waals surface area contributed by atoms with Crippen molar-refractivity contribution in [2.75, 3.05) is 27.2 Å². The predicted octanol–water partition coefficient (Wildman–Crippen LogP) is 3.34. The van der Waals surface area contributed by atoms with Crippen LogP contribution in [0.5, 0.6) is 5.75 Å². The molecule has 2 aromatic carbocycles. The van der Waals surface area contributed by atoms with Crippen molar-refractivity contribution in [3.63, 3.8) is 0 Å². The Kier molecular flexibility index (Phi) is 5.51. The lowest BCUT2D eigenvalue weighted by Crippen LogP contribution is -2.52. The second-order valence-corrected chi connectivity index (χ2v) is 7.71. The second kappa shape index (κ2) is 8.23. The van der Waals surface area contributed by atoms with E-state index in [1.807, 2.05) is 44.4 Å². The van der Waals surface area contributed by atoms with Gasteiger partial charge in [-0.15, -0.1) is 10.2 Å². The number of nitrogens with zero attached hydrogens (tertiary/aromatic N) is 4. The van der Waals surface area contributed by atoms with Crippen LogP contribution in [0.1, 0.15) is 5.56 Å². The number of amides is 1. The summed E-state index contributed by atoms with van der Waals surface area (Å²) in [5.41, 5.74) is 2.69. The van der Waals surface area contributed by atoms with E-state index in [-0.39, 0.29) is 6.10 Å². The van der Waals surface area contributed by atoms with Crippen molar-refractivity contribution in [1.82, 2.24) is 20.0 Å². The molecule has 0 spiro atoms. The maximum absolute atomic E-state index is 10.7. The number of carbonyl (C=O) groups is 1. The van der Waals surface area contributed by atoms with Crippen LogP contribution < -0.4 is 4.74 Å². The van der Waals surface area contributed by atoms with Gasteiger partial charge in [0.15, 0.2) is 0 Å². The van der Waals surface area contributed by atoms with Crippen LogP contribution >= 0.6 is 11.6 Å². The zero-order chi connectivity index (χ0) is 20.4. The first-order chi connectivity index (χ1) is 14.0. The molecule has 3 aromatic rings. The van der Waals surface area contributed by atoms with Gasteiger partial charge in [-0.05, 0) is 56.1 Å². The smallest absolute Gasteiger partial charge is 0.248 e. The highest BCUT2D eigenvalue weighted by Gasteiger charge is 2.27. The lowest BCUT2D eigenvalue weighted by atomic mass is 10.1. The third-order valence-corrected chi connectivity index (χ3v) is 4.89. The number of benzene rings is 2. The molecule has 1 aromatic heterocycles. The van der Waals surface area contributed by atoms with Crippen LogP contribution in [-0.2, 0) is 11.3 Å². The van der Waals surface area contributed by atoms with E-state index < -0.39 is 0 Å². The Morgan fingerprint density at radius 3 is 2.59 bits per heavy atom. The van der Waals surface area contributed by atoms with E-state index in [0.717, 1.165) is 29.6 Å². The molecule has 7 nitrogen and oxygen atoms in total. The number of ether oxygens (including phenoxy) is 1. The van der Waals surface area contributed by atoms with Crippen LogP contribution in [0.3, 0.4) is 0 Å². The molecule has 0 bridgehead atoms. The molecule has 0 aliphatic carbocycles. The first-order valence-corrected chi connectivity index (χ1v) is 9.63. The Morgan fingerprint density at radius 2 is 1.90 bits per heavy atom. The number of hydrogen-bond acceptors (Lipinski definition) is 6. The Balaban J connectivity index is 1.62. The quantitative estimate of drug-likeness (QED) is 0.554. The molecule has 8 heteroatoms. The Morgan fingerprint density at radius 1 is 1.17 bits per heavy atom. The van der Waals surface area contributed by atoms with E-state index in [1.54, 1.807) is 17.0 Å². The highest BCUT2D eigenvalue weighted by Crippen LogP contribution is 2.31. The number of likely N-dealkylation sites (tertiary alicyclic amines) is 1. The fraction of sp³-hybridized carbons (Fsp3) is 0.286. The predicted molar refractivity (Wildman–Crippen MR) is 110 cm³/mol. The van der Waals surface area contributed by atoms with E-state index in [0.29, 0.717) is 35.6 Å². The number of hydrogen-bond donors (Lipinski definition) is 0. The lowest BCUT2D eigenvalue weighted by molar-refractivity contribution is -0.126. The molecule has 0 atom stereocenters. The largest absolute Gasteiger partial charge is 0.487 e. The standard InChI is InChI=1S/C21H21ClN4O3/c1-25(2)10-15-5-8-17(28-18-11-26(12-18)13-27)9-19(15)21-24-23-20(29-21)14-3-6-16(22)7-4-14/h3-9,13,18H,10-12H2,1-2H3. The van der Waals surface area contributed by atoms with Gasteiger partial charge in [0.1, 0.15) is 11.9 Å². The Hall–Kier alpha value is -2.90. The molecule has 1 aliphatic rings. The van der Waals surface area contributed by atoms with E-state index in [2.05, 4.69) is 15.1 Å². The first-order valence-electron chi connectivity index (χ1n) is 9.25. The van der Waals surface area contributed by atoms with Gasteiger partial charge in [0.25, 0.3) is 0 Å². The van der Waals surface area contributed by atoms with E-state index >= 15 is 0 Å². The maximum atomic E-state index is 10.7. The van der Waals surface area contributed by atoms with Crippen molar-refractivity contribution in [2.24, 2.45) is 0 Å². The van der Waals surface area contributed by atoms with Gasteiger partial charge in [0, 0.05) is 22.7 Å². The zero-order valence-corrected chi connectivity index (χ0v) is 17.0. The summed E-state index contributed by atoms with van der Waals surface area (Å²) in [4.78, 5) is 14.5. The number of carbonyl (C=O) groups excluding carboxylic acids is 1. The topological polar surface area (TPSA) is 71.7 Å². The van der Waals surface area contributed by atoms with Crippen LogP contribution in [0.15, 0.2) is 46.9 Å². The van der Waals surface area contributed by atoms with Gasteiger partial charge >= 0.3 is 0 Å². The number of halogens is 1. The van der Waals surface area contributed by atoms with Crippen molar-refractivity contribution in [3.05, 3.63) is 53.1 Å².